The van der Waals surface area contributed by atoms with Crippen molar-refractivity contribution in [2.45, 2.75) is 13.5 Å². The highest BCUT2D eigenvalue weighted by Gasteiger charge is 2.29. The molecule has 1 atom stereocenters. The van der Waals surface area contributed by atoms with Crippen LogP contribution in [0.1, 0.15) is 12.5 Å². The third-order valence-corrected chi connectivity index (χ3v) is 3.82. The summed E-state index contributed by atoms with van der Waals surface area (Å²) in [5.41, 5.74) is 0.761. The summed E-state index contributed by atoms with van der Waals surface area (Å²) in [6.45, 7) is 3.92. The van der Waals surface area contributed by atoms with Gasteiger partial charge >= 0.3 is 0 Å². The molecule has 1 heterocycles. The molecule has 1 fully saturated rings. The van der Waals surface area contributed by atoms with Gasteiger partial charge in [-0.15, -0.1) is 12.4 Å². The fourth-order valence-corrected chi connectivity index (χ4v) is 2.62. The number of hydrogen-bond acceptors (Lipinski definition) is 3. The molecule has 0 bridgehead atoms. The third-order valence-electron chi connectivity index (χ3n) is 3.82. The second-order valence-corrected chi connectivity index (χ2v) is 5.66. The monoisotopic (exact) mass is 343 g/mol. The summed E-state index contributed by atoms with van der Waals surface area (Å²) in [4.78, 5) is 27.7. The maximum Gasteiger partial charge on any atom is 0.242 e. The maximum atomic E-state index is 13.2. The molecular formula is C16H23ClFN3O2. The van der Waals surface area contributed by atoms with Crippen LogP contribution < -0.4 is 5.32 Å². The molecule has 1 aromatic carbocycles. The highest BCUT2D eigenvalue weighted by Crippen LogP contribution is 2.13. The molecule has 1 aliphatic rings. The van der Waals surface area contributed by atoms with Crippen molar-refractivity contribution in [2.24, 2.45) is 5.92 Å². The average molecular weight is 344 g/mol. The van der Waals surface area contributed by atoms with Gasteiger partial charge in [0.1, 0.15) is 5.82 Å². The van der Waals surface area contributed by atoms with Crippen molar-refractivity contribution < 1.29 is 14.0 Å². The maximum absolute atomic E-state index is 13.2. The van der Waals surface area contributed by atoms with Gasteiger partial charge in [-0.25, -0.2) is 4.39 Å². The largest absolute Gasteiger partial charge is 0.335 e. The molecule has 2 rings (SSSR count). The molecule has 1 N–H and O–H groups in total. The summed E-state index contributed by atoms with van der Waals surface area (Å²) in [7, 11) is 1.80. The molecular weight excluding hydrogens is 321 g/mol. The zero-order valence-electron chi connectivity index (χ0n) is 13.4. The number of carbonyl (C=O) groups is 2. The number of halogens is 2. The highest BCUT2D eigenvalue weighted by molar-refractivity contribution is 5.87. The second kappa shape index (κ2) is 8.84. The lowest BCUT2D eigenvalue weighted by Crippen LogP contribution is -2.53. The van der Waals surface area contributed by atoms with Gasteiger partial charge in [0.15, 0.2) is 0 Å². The van der Waals surface area contributed by atoms with Crippen molar-refractivity contribution in [1.29, 1.82) is 0 Å². The Balaban J connectivity index is 0.00000264. The zero-order chi connectivity index (χ0) is 16.1. The molecule has 0 aromatic heterocycles. The van der Waals surface area contributed by atoms with E-state index in [1.807, 2.05) is 6.92 Å². The normalized spacial score (nSPS) is 16.0. The number of nitrogens with zero attached hydrogens (tertiary/aromatic N) is 2. The summed E-state index contributed by atoms with van der Waals surface area (Å²) in [5.74, 6) is -0.555. The number of benzene rings is 1. The van der Waals surface area contributed by atoms with Gasteiger partial charge in [0.2, 0.25) is 11.8 Å². The van der Waals surface area contributed by atoms with E-state index in [-0.39, 0.29) is 42.5 Å². The van der Waals surface area contributed by atoms with Gasteiger partial charge < -0.3 is 15.1 Å². The number of carbonyl (C=O) groups excluding carboxylic acids is 2. The van der Waals surface area contributed by atoms with Crippen molar-refractivity contribution in [3.8, 4) is 0 Å². The fourth-order valence-electron chi connectivity index (χ4n) is 2.62. The first-order chi connectivity index (χ1) is 10.5. The van der Waals surface area contributed by atoms with Crippen LogP contribution in [-0.2, 0) is 16.1 Å². The molecule has 1 saturated heterocycles. The minimum absolute atomic E-state index is 0. The van der Waals surface area contributed by atoms with E-state index in [2.05, 4.69) is 5.32 Å². The summed E-state index contributed by atoms with van der Waals surface area (Å²) in [6.07, 6.45) is 0. The second-order valence-electron chi connectivity index (χ2n) is 5.66. The van der Waals surface area contributed by atoms with E-state index in [1.54, 1.807) is 29.0 Å². The molecule has 0 spiro atoms. The number of hydrogen-bond donors (Lipinski definition) is 1. The van der Waals surface area contributed by atoms with Crippen molar-refractivity contribution in [2.75, 3.05) is 33.2 Å². The van der Waals surface area contributed by atoms with Crippen LogP contribution in [0.25, 0.3) is 0 Å². The fraction of sp³-hybridized carbons (Fsp3) is 0.500. The Morgan fingerprint density at radius 2 is 2.13 bits per heavy atom. The number of rotatable bonds is 5. The summed E-state index contributed by atoms with van der Waals surface area (Å²) in [5, 5.41) is 2.97. The van der Waals surface area contributed by atoms with Crippen LogP contribution >= 0.6 is 12.4 Å². The lowest BCUT2D eigenvalue weighted by Gasteiger charge is -2.35. The zero-order valence-corrected chi connectivity index (χ0v) is 14.2. The predicted octanol–water partition coefficient (Wildman–Crippen LogP) is 1.27. The van der Waals surface area contributed by atoms with Gasteiger partial charge in [-0.2, -0.15) is 0 Å². The molecule has 128 valence electrons. The SMILES string of the molecule is CNCC(C)C(=O)N1CCN(Cc2cccc(F)c2)C(=O)C1.Cl. The first kappa shape index (κ1) is 19.4. The predicted molar refractivity (Wildman–Crippen MR) is 88.7 cm³/mol. The topological polar surface area (TPSA) is 52.7 Å². The number of amides is 2. The van der Waals surface area contributed by atoms with Crippen molar-refractivity contribution >= 4 is 24.2 Å². The van der Waals surface area contributed by atoms with Gasteiger partial charge in [0, 0.05) is 32.1 Å². The standard InChI is InChI=1S/C16H22FN3O2.ClH/c1-12(9-18-2)16(22)20-7-6-19(15(21)11-20)10-13-4-3-5-14(17)8-13;/h3-5,8,12,18H,6-7,9-11H2,1-2H3;1H. The minimum atomic E-state index is -0.306. The van der Waals surface area contributed by atoms with E-state index in [0.717, 1.165) is 5.56 Å². The lowest BCUT2D eigenvalue weighted by atomic mass is 10.1. The van der Waals surface area contributed by atoms with Gasteiger partial charge in [0.25, 0.3) is 0 Å². The molecule has 2 amide bonds. The van der Waals surface area contributed by atoms with E-state index in [0.29, 0.717) is 26.2 Å². The van der Waals surface area contributed by atoms with Crippen LogP contribution in [0.4, 0.5) is 4.39 Å². The third kappa shape index (κ3) is 5.18. The summed E-state index contributed by atoms with van der Waals surface area (Å²) in [6, 6.07) is 6.24. The lowest BCUT2D eigenvalue weighted by molar-refractivity contribution is -0.147. The van der Waals surface area contributed by atoms with Crippen LogP contribution in [0, 0.1) is 11.7 Å². The number of piperazine rings is 1. The first-order valence-corrected chi connectivity index (χ1v) is 7.47. The first-order valence-electron chi connectivity index (χ1n) is 7.47. The molecule has 0 saturated carbocycles. The van der Waals surface area contributed by atoms with Crippen LogP contribution in [0.3, 0.4) is 0 Å². The van der Waals surface area contributed by atoms with Crippen molar-refractivity contribution in [3.05, 3.63) is 35.6 Å². The smallest absolute Gasteiger partial charge is 0.242 e. The van der Waals surface area contributed by atoms with Crippen molar-refractivity contribution in [3.63, 3.8) is 0 Å². The van der Waals surface area contributed by atoms with Gasteiger partial charge in [-0.1, -0.05) is 19.1 Å². The van der Waals surface area contributed by atoms with Gasteiger partial charge in [-0.3, -0.25) is 9.59 Å². The highest BCUT2D eigenvalue weighted by atomic mass is 35.5. The number of nitrogens with one attached hydrogen (secondary N) is 1. The minimum Gasteiger partial charge on any atom is -0.335 e. The Morgan fingerprint density at radius 1 is 1.39 bits per heavy atom. The molecule has 7 heteroatoms. The Kier molecular flexibility index (Phi) is 7.45. The van der Waals surface area contributed by atoms with E-state index < -0.39 is 0 Å². The molecule has 5 nitrogen and oxygen atoms in total. The summed E-state index contributed by atoms with van der Waals surface area (Å²) >= 11 is 0. The quantitative estimate of drug-likeness (QED) is 0.876. The summed E-state index contributed by atoms with van der Waals surface area (Å²) < 4.78 is 13.2. The van der Waals surface area contributed by atoms with Crippen LogP contribution in [0.2, 0.25) is 0 Å². The van der Waals surface area contributed by atoms with Gasteiger partial charge in [0.05, 0.1) is 6.54 Å². The van der Waals surface area contributed by atoms with Gasteiger partial charge in [-0.05, 0) is 24.7 Å². The van der Waals surface area contributed by atoms with Crippen LogP contribution in [0.5, 0.6) is 0 Å². The molecule has 1 aromatic rings. The molecule has 23 heavy (non-hydrogen) atoms. The Morgan fingerprint density at radius 3 is 2.74 bits per heavy atom. The Hall–Kier alpha value is -1.66. The molecule has 0 radical (unpaired) electrons. The van der Waals surface area contributed by atoms with E-state index in [1.165, 1.54) is 12.1 Å². The van der Waals surface area contributed by atoms with E-state index >= 15 is 0 Å². The molecule has 1 unspecified atom stereocenters. The Bertz CT molecular complexity index is 556. The molecule has 0 aliphatic carbocycles. The van der Waals surface area contributed by atoms with Crippen molar-refractivity contribution in [1.82, 2.24) is 15.1 Å². The average Bonchev–Trinajstić information content (AvgIpc) is 2.49. The van der Waals surface area contributed by atoms with Crippen LogP contribution in [0.15, 0.2) is 24.3 Å². The van der Waals surface area contributed by atoms with E-state index in [4.69, 9.17) is 0 Å². The Labute approximate surface area is 142 Å². The molecule has 1 aliphatic heterocycles. The van der Waals surface area contributed by atoms with Crippen LogP contribution in [-0.4, -0.2) is 54.8 Å². The van der Waals surface area contributed by atoms with E-state index in [9.17, 15) is 14.0 Å².